The molecule has 0 spiro atoms. The molecule has 106 valence electrons. The number of pyridine rings is 1. The van der Waals surface area contributed by atoms with Crippen molar-refractivity contribution in [1.29, 1.82) is 0 Å². The van der Waals surface area contributed by atoms with Crippen molar-refractivity contribution in [1.82, 2.24) is 9.88 Å². The molecule has 0 aromatic carbocycles. The monoisotopic (exact) mass is 264 g/mol. The number of carbonyl (C=O) groups excluding carboxylic acids is 1. The fraction of sp³-hybridized carbons (Fsp3) is 0.571. The van der Waals surface area contributed by atoms with Crippen molar-refractivity contribution < 1.29 is 4.79 Å². The highest BCUT2D eigenvalue weighted by Gasteiger charge is 2.28. The number of hydrazine groups is 1. The Morgan fingerprint density at radius 3 is 2.53 bits per heavy atom. The van der Waals surface area contributed by atoms with E-state index in [1.165, 1.54) is 0 Å². The Morgan fingerprint density at radius 1 is 1.47 bits per heavy atom. The Bertz CT molecular complexity index is 465. The number of nitrogens with one attached hydrogen (secondary N) is 1. The van der Waals surface area contributed by atoms with E-state index in [1.54, 1.807) is 24.2 Å². The zero-order valence-electron chi connectivity index (χ0n) is 12.6. The summed E-state index contributed by atoms with van der Waals surface area (Å²) in [5.41, 5.74) is 4.49. The van der Waals surface area contributed by atoms with Gasteiger partial charge >= 0.3 is 0 Å². The molecule has 0 radical (unpaired) electrons. The van der Waals surface area contributed by atoms with Crippen LogP contribution in [0.3, 0.4) is 0 Å². The Morgan fingerprint density at radius 2 is 2.05 bits per heavy atom. The third kappa shape index (κ3) is 3.44. The van der Waals surface area contributed by atoms with E-state index < -0.39 is 0 Å². The van der Waals surface area contributed by atoms with Crippen LogP contribution in [0.25, 0.3) is 0 Å². The molecule has 1 aromatic rings. The van der Waals surface area contributed by atoms with Crippen LogP contribution >= 0.6 is 0 Å². The average Bonchev–Trinajstić information content (AvgIpc) is 2.34. The van der Waals surface area contributed by atoms with Gasteiger partial charge in [-0.05, 0) is 25.3 Å². The van der Waals surface area contributed by atoms with E-state index in [4.69, 9.17) is 5.84 Å². The SMILES string of the molecule is Cc1cc(NN)c(C(=O)N(C)C(C)C(C)(C)C)cn1. The first-order valence-electron chi connectivity index (χ1n) is 6.39. The molecule has 0 bridgehead atoms. The minimum atomic E-state index is -0.0807. The van der Waals surface area contributed by atoms with Crippen LogP contribution in [-0.4, -0.2) is 28.9 Å². The van der Waals surface area contributed by atoms with Crippen LogP contribution in [0.4, 0.5) is 5.69 Å². The van der Waals surface area contributed by atoms with Crippen molar-refractivity contribution >= 4 is 11.6 Å². The summed E-state index contributed by atoms with van der Waals surface area (Å²) < 4.78 is 0. The Kier molecular flexibility index (Phi) is 4.52. The summed E-state index contributed by atoms with van der Waals surface area (Å²) in [6, 6.07) is 1.87. The maximum absolute atomic E-state index is 12.5. The zero-order valence-corrected chi connectivity index (χ0v) is 12.6. The summed E-state index contributed by atoms with van der Waals surface area (Å²) in [5.74, 6) is 5.39. The minimum Gasteiger partial charge on any atom is -0.338 e. The predicted octanol–water partition coefficient (Wildman–Crippen LogP) is 2.18. The second-order valence-electron chi connectivity index (χ2n) is 5.97. The van der Waals surface area contributed by atoms with E-state index in [-0.39, 0.29) is 17.4 Å². The molecule has 1 heterocycles. The Labute approximate surface area is 115 Å². The number of nitrogens with two attached hydrogens (primary N) is 1. The molecule has 1 aromatic heterocycles. The third-order valence-electron chi connectivity index (χ3n) is 3.58. The summed E-state index contributed by atoms with van der Waals surface area (Å²) in [5, 5.41) is 0. The van der Waals surface area contributed by atoms with Crippen LogP contribution in [0, 0.1) is 12.3 Å². The fourth-order valence-electron chi connectivity index (χ4n) is 1.80. The second-order valence-corrected chi connectivity index (χ2v) is 5.97. The molecule has 1 amide bonds. The average molecular weight is 264 g/mol. The van der Waals surface area contributed by atoms with Crippen molar-refractivity contribution in [2.45, 2.75) is 40.7 Å². The van der Waals surface area contributed by atoms with Gasteiger partial charge in [-0.3, -0.25) is 15.6 Å². The first-order chi connectivity index (χ1) is 8.68. The number of hydrogen-bond acceptors (Lipinski definition) is 4. The molecule has 0 fully saturated rings. The van der Waals surface area contributed by atoms with Gasteiger partial charge in [-0.25, -0.2) is 0 Å². The summed E-state index contributed by atoms with van der Waals surface area (Å²) in [6.07, 6.45) is 1.57. The highest BCUT2D eigenvalue weighted by molar-refractivity contribution is 5.99. The number of hydrogen-bond donors (Lipinski definition) is 2. The number of nitrogen functional groups attached to an aromatic ring is 1. The number of amides is 1. The smallest absolute Gasteiger partial charge is 0.257 e. The van der Waals surface area contributed by atoms with E-state index in [9.17, 15) is 4.79 Å². The van der Waals surface area contributed by atoms with E-state index in [2.05, 4.69) is 31.2 Å². The Hall–Kier alpha value is -1.62. The van der Waals surface area contributed by atoms with Crippen LogP contribution in [0.2, 0.25) is 0 Å². The van der Waals surface area contributed by atoms with Crippen LogP contribution in [0.15, 0.2) is 12.3 Å². The highest BCUT2D eigenvalue weighted by atomic mass is 16.2. The van der Waals surface area contributed by atoms with E-state index in [0.29, 0.717) is 11.3 Å². The summed E-state index contributed by atoms with van der Waals surface area (Å²) in [4.78, 5) is 18.4. The van der Waals surface area contributed by atoms with Crippen molar-refractivity contribution in [2.24, 2.45) is 11.3 Å². The number of carbonyl (C=O) groups is 1. The van der Waals surface area contributed by atoms with Crippen LogP contribution in [0.1, 0.15) is 43.7 Å². The molecular formula is C14H24N4O. The molecule has 1 rings (SSSR count). The fourth-order valence-corrected chi connectivity index (χ4v) is 1.80. The highest BCUT2D eigenvalue weighted by Crippen LogP contribution is 2.25. The molecule has 1 atom stereocenters. The molecule has 0 aliphatic carbocycles. The van der Waals surface area contributed by atoms with Gasteiger partial charge in [-0.1, -0.05) is 20.8 Å². The molecule has 1 unspecified atom stereocenters. The number of aromatic nitrogens is 1. The van der Waals surface area contributed by atoms with E-state index in [1.807, 2.05) is 13.8 Å². The lowest BCUT2D eigenvalue weighted by molar-refractivity contribution is 0.0630. The van der Waals surface area contributed by atoms with Gasteiger partial charge in [0.2, 0.25) is 0 Å². The number of anilines is 1. The first kappa shape index (κ1) is 15.4. The predicted molar refractivity (Wildman–Crippen MR) is 77.8 cm³/mol. The molecule has 0 saturated carbocycles. The standard InChI is InChI=1S/C14H24N4O/c1-9-7-12(17-15)11(8-16-9)13(19)18(6)10(2)14(3,4)5/h7-8,10H,15H2,1-6H3,(H,16,17). The van der Waals surface area contributed by atoms with Gasteiger partial charge in [0.25, 0.3) is 5.91 Å². The van der Waals surface area contributed by atoms with Gasteiger partial charge in [-0.2, -0.15) is 0 Å². The molecule has 3 N–H and O–H groups in total. The van der Waals surface area contributed by atoms with E-state index >= 15 is 0 Å². The van der Waals surface area contributed by atoms with Gasteiger partial charge in [0.15, 0.2) is 0 Å². The molecule has 5 heteroatoms. The van der Waals surface area contributed by atoms with Gasteiger partial charge in [-0.15, -0.1) is 0 Å². The normalized spacial score (nSPS) is 13.0. The zero-order chi connectivity index (χ0) is 14.8. The lowest BCUT2D eigenvalue weighted by Crippen LogP contribution is -2.43. The molecular weight excluding hydrogens is 240 g/mol. The lowest BCUT2D eigenvalue weighted by atomic mass is 9.87. The van der Waals surface area contributed by atoms with Gasteiger partial charge in [0.05, 0.1) is 11.3 Å². The molecule has 0 saturated heterocycles. The molecule has 0 aliphatic rings. The second kappa shape index (κ2) is 5.57. The van der Waals surface area contributed by atoms with Gasteiger partial charge in [0.1, 0.15) is 0 Å². The van der Waals surface area contributed by atoms with Gasteiger partial charge < -0.3 is 10.3 Å². The number of aryl methyl sites for hydroxylation is 1. The van der Waals surface area contributed by atoms with Crippen molar-refractivity contribution in [2.75, 3.05) is 12.5 Å². The largest absolute Gasteiger partial charge is 0.338 e. The topological polar surface area (TPSA) is 71.2 Å². The maximum atomic E-state index is 12.5. The maximum Gasteiger partial charge on any atom is 0.257 e. The summed E-state index contributed by atoms with van der Waals surface area (Å²) in [7, 11) is 1.80. The van der Waals surface area contributed by atoms with Crippen molar-refractivity contribution in [3.05, 3.63) is 23.5 Å². The number of nitrogens with zero attached hydrogens (tertiary/aromatic N) is 2. The Balaban J connectivity index is 3.07. The lowest BCUT2D eigenvalue weighted by Gasteiger charge is -2.35. The van der Waals surface area contributed by atoms with Crippen LogP contribution in [0.5, 0.6) is 0 Å². The van der Waals surface area contributed by atoms with Crippen LogP contribution < -0.4 is 11.3 Å². The summed E-state index contributed by atoms with van der Waals surface area (Å²) in [6.45, 7) is 10.2. The first-order valence-corrected chi connectivity index (χ1v) is 6.39. The van der Waals surface area contributed by atoms with E-state index in [0.717, 1.165) is 5.69 Å². The number of rotatable bonds is 3. The summed E-state index contributed by atoms with van der Waals surface area (Å²) >= 11 is 0. The third-order valence-corrected chi connectivity index (χ3v) is 3.58. The van der Waals surface area contributed by atoms with Crippen molar-refractivity contribution in [3.63, 3.8) is 0 Å². The van der Waals surface area contributed by atoms with Crippen LogP contribution in [-0.2, 0) is 0 Å². The quantitative estimate of drug-likeness (QED) is 0.648. The van der Waals surface area contributed by atoms with Crippen molar-refractivity contribution in [3.8, 4) is 0 Å². The molecule has 19 heavy (non-hydrogen) atoms. The van der Waals surface area contributed by atoms with Gasteiger partial charge in [0, 0.05) is 25.0 Å². The molecule has 0 aliphatic heterocycles. The molecule has 5 nitrogen and oxygen atoms in total. The minimum absolute atomic E-state index is 0.0127.